The van der Waals surface area contributed by atoms with Gasteiger partial charge in [-0.25, -0.2) is 12.8 Å². The van der Waals surface area contributed by atoms with E-state index in [1.54, 1.807) is 36.4 Å². The van der Waals surface area contributed by atoms with E-state index < -0.39 is 26.0 Å². The second-order valence-corrected chi connectivity index (χ2v) is 11.6. The van der Waals surface area contributed by atoms with Crippen molar-refractivity contribution in [2.24, 2.45) is 5.92 Å². The fourth-order valence-electron chi connectivity index (χ4n) is 3.19. The van der Waals surface area contributed by atoms with Gasteiger partial charge < -0.3 is 4.18 Å². The van der Waals surface area contributed by atoms with Crippen LogP contribution >= 0.6 is 0 Å². The van der Waals surface area contributed by atoms with Crippen molar-refractivity contribution in [3.8, 4) is 5.75 Å². The van der Waals surface area contributed by atoms with Crippen LogP contribution in [0.3, 0.4) is 0 Å². The Hall–Kier alpha value is -2.75. The Morgan fingerprint density at radius 3 is 2.09 bits per heavy atom. The number of hydrogen-bond acceptors (Lipinski definition) is 5. The first kappa shape index (κ1) is 24.9. The molecule has 0 aliphatic carbocycles. The summed E-state index contributed by atoms with van der Waals surface area (Å²) in [5.41, 5.74) is 1.52. The van der Waals surface area contributed by atoms with Gasteiger partial charge in [0.15, 0.2) is 0 Å². The number of rotatable bonds is 9. The van der Waals surface area contributed by atoms with Crippen LogP contribution in [0, 0.1) is 18.7 Å². The monoisotopic (exact) mass is 491 g/mol. The molecule has 0 bridgehead atoms. The van der Waals surface area contributed by atoms with Crippen LogP contribution in [0.1, 0.15) is 25.0 Å². The summed E-state index contributed by atoms with van der Waals surface area (Å²) < 4.78 is 71.3. The Morgan fingerprint density at radius 1 is 0.879 bits per heavy atom. The highest BCUT2D eigenvalue weighted by Gasteiger charge is 2.26. The summed E-state index contributed by atoms with van der Waals surface area (Å²) in [6.07, 6.45) is 0. The maximum Gasteiger partial charge on any atom is 0.339 e. The van der Waals surface area contributed by atoms with Gasteiger partial charge in [-0.05, 0) is 66.9 Å². The third-order valence-electron chi connectivity index (χ3n) is 4.79. The van der Waals surface area contributed by atoms with Crippen molar-refractivity contribution >= 4 is 20.1 Å². The Kier molecular flexibility index (Phi) is 7.56. The van der Waals surface area contributed by atoms with Gasteiger partial charge in [0.2, 0.25) is 10.0 Å². The lowest BCUT2D eigenvalue weighted by Crippen LogP contribution is -2.33. The summed E-state index contributed by atoms with van der Waals surface area (Å²) >= 11 is 0. The van der Waals surface area contributed by atoms with Gasteiger partial charge in [-0.1, -0.05) is 43.7 Å². The summed E-state index contributed by atoms with van der Waals surface area (Å²) in [4.78, 5) is 0.0118. The van der Waals surface area contributed by atoms with Crippen molar-refractivity contribution in [1.29, 1.82) is 0 Å². The molecule has 0 aromatic heterocycles. The van der Waals surface area contributed by atoms with Crippen LogP contribution in [0.25, 0.3) is 0 Å². The first-order valence-electron chi connectivity index (χ1n) is 10.3. The maximum absolute atomic E-state index is 13.3. The van der Waals surface area contributed by atoms with Gasteiger partial charge in [-0.15, -0.1) is 0 Å². The lowest BCUT2D eigenvalue weighted by atomic mass is 10.2. The van der Waals surface area contributed by atoms with Crippen molar-refractivity contribution < 1.29 is 25.4 Å². The van der Waals surface area contributed by atoms with Crippen LogP contribution in [0.2, 0.25) is 0 Å². The van der Waals surface area contributed by atoms with Crippen LogP contribution in [0.15, 0.2) is 82.6 Å². The van der Waals surface area contributed by atoms with Crippen LogP contribution in [-0.4, -0.2) is 27.7 Å². The van der Waals surface area contributed by atoms with E-state index in [1.807, 2.05) is 20.8 Å². The number of hydrogen-bond donors (Lipinski definition) is 0. The SMILES string of the molecule is Cc1ccc(S(=O)(=O)N(Cc2cccc(OS(=O)(=O)c3ccc(F)cc3)c2)CC(C)C)cc1. The number of benzene rings is 3. The van der Waals surface area contributed by atoms with E-state index >= 15 is 0 Å². The summed E-state index contributed by atoms with van der Waals surface area (Å²) in [5.74, 6) is -0.450. The van der Waals surface area contributed by atoms with Gasteiger partial charge in [-0.3, -0.25) is 0 Å². The molecule has 33 heavy (non-hydrogen) atoms. The van der Waals surface area contributed by atoms with Gasteiger partial charge in [-0.2, -0.15) is 12.7 Å². The van der Waals surface area contributed by atoms with E-state index in [2.05, 4.69) is 0 Å². The average Bonchev–Trinajstić information content (AvgIpc) is 2.73. The lowest BCUT2D eigenvalue weighted by Gasteiger charge is -2.24. The molecule has 0 unspecified atom stereocenters. The Labute approximate surface area is 194 Å². The molecule has 6 nitrogen and oxygen atoms in total. The van der Waals surface area contributed by atoms with E-state index in [1.165, 1.54) is 16.4 Å². The Balaban J connectivity index is 1.86. The van der Waals surface area contributed by atoms with E-state index in [4.69, 9.17) is 4.18 Å². The summed E-state index contributed by atoms with van der Waals surface area (Å²) in [7, 11) is -7.94. The molecule has 9 heteroatoms. The topological polar surface area (TPSA) is 80.8 Å². The van der Waals surface area contributed by atoms with Gasteiger partial charge >= 0.3 is 10.1 Å². The molecule has 176 valence electrons. The molecule has 0 spiro atoms. The third-order valence-corrected chi connectivity index (χ3v) is 7.88. The third kappa shape index (κ3) is 6.40. The predicted molar refractivity (Wildman–Crippen MR) is 124 cm³/mol. The molecule has 0 saturated heterocycles. The second-order valence-electron chi connectivity index (χ2n) is 8.14. The first-order chi connectivity index (χ1) is 15.5. The van der Waals surface area contributed by atoms with Gasteiger partial charge in [0.05, 0.1) is 4.90 Å². The normalized spacial score (nSPS) is 12.3. The Bertz CT molecular complexity index is 1300. The van der Waals surface area contributed by atoms with E-state index in [-0.39, 0.29) is 34.5 Å². The zero-order chi connectivity index (χ0) is 24.2. The zero-order valence-electron chi connectivity index (χ0n) is 18.6. The van der Waals surface area contributed by atoms with Crippen molar-refractivity contribution in [3.05, 3.63) is 89.7 Å². The van der Waals surface area contributed by atoms with Gasteiger partial charge in [0.1, 0.15) is 16.5 Å². The fraction of sp³-hybridized carbons (Fsp3) is 0.250. The molecule has 0 heterocycles. The highest BCUT2D eigenvalue weighted by molar-refractivity contribution is 7.89. The smallest absolute Gasteiger partial charge is 0.339 e. The minimum atomic E-state index is -4.17. The lowest BCUT2D eigenvalue weighted by molar-refractivity contribution is 0.361. The molecule has 0 radical (unpaired) electrons. The largest absolute Gasteiger partial charge is 0.379 e. The number of halogens is 1. The van der Waals surface area contributed by atoms with Crippen LogP contribution in [0.4, 0.5) is 4.39 Å². The molecule has 0 aliphatic rings. The first-order valence-corrected chi connectivity index (χ1v) is 13.2. The Morgan fingerprint density at radius 2 is 1.48 bits per heavy atom. The standard InChI is InChI=1S/C24H26FNO5S2/c1-18(2)16-26(32(27,28)23-11-7-19(3)8-12-23)17-20-5-4-6-22(15-20)31-33(29,30)24-13-9-21(25)10-14-24/h4-15,18H,16-17H2,1-3H3. The molecular formula is C24H26FNO5S2. The predicted octanol–water partition coefficient (Wildman–Crippen LogP) is 4.75. The van der Waals surface area contributed by atoms with E-state index in [0.717, 1.165) is 29.8 Å². The molecule has 0 atom stereocenters. The van der Waals surface area contributed by atoms with Crippen molar-refractivity contribution in [2.75, 3.05) is 6.54 Å². The highest BCUT2D eigenvalue weighted by Crippen LogP contribution is 2.24. The molecule has 0 saturated carbocycles. The number of aryl methyl sites for hydroxylation is 1. The second kappa shape index (κ2) is 10.0. The number of nitrogens with zero attached hydrogens (tertiary/aromatic N) is 1. The molecule has 0 aliphatic heterocycles. The molecule has 0 fully saturated rings. The average molecular weight is 492 g/mol. The van der Waals surface area contributed by atoms with E-state index in [9.17, 15) is 21.2 Å². The van der Waals surface area contributed by atoms with Crippen LogP contribution < -0.4 is 4.18 Å². The van der Waals surface area contributed by atoms with Crippen LogP contribution in [0.5, 0.6) is 5.75 Å². The number of sulfonamides is 1. The minimum absolute atomic E-state index is 0.0362. The molecule has 0 N–H and O–H groups in total. The maximum atomic E-state index is 13.3. The quantitative estimate of drug-likeness (QED) is 0.404. The molecule has 3 rings (SSSR count). The van der Waals surface area contributed by atoms with Crippen molar-refractivity contribution in [1.82, 2.24) is 4.31 Å². The zero-order valence-corrected chi connectivity index (χ0v) is 20.2. The molecule has 3 aromatic rings. The molecule has 3 aromatic carbocycles. The van der Waals surface area contributed by atoms with Gasteiger partial charge in [0.25, 0.3) is 0 Å². The highest BCUT2D eigenvalue weighted by atomic mass is 32.2. The molecular weight excluding hydrogens is 465 g/mol. The van der Waals surface area contributed by atoms with E-state index in [0.29, 0.717) is 5.56 Å². The van der Waals surface area contributed by atoms with Crippen LogP contribution in [-0.2, 0) is 26.7 Å². The minimum Gasteiger partial charge on any atom is -0.379 e. The van der Waals surface area contributed by atoms with Gasteiger partial charge in [0, 0.05) is 13.1 Å². The summed E-state index contributed by atoms with van der Waals surface area (Å²) in [5, 5.41) is 0. The summed E-state index contributed by atoms with van der Waals surface area (Å²) in [6.45, 7) is 6.06. The summed E-state index contributed by atoms with van der Waals surface area (Å²) in [6, 6.07) is 17.2. The molecule has 0 amide bonds. The van der Waals surface area contributed by atoms with Crippen molar-refractivity contribution in [2.45, 2.75) is 37.1 Å². The van der Waals surface area contributed by atoms with Crippen molar-refractivity contribution in [3.63, 3.8) is 0 Å². The fourth-order valence-corrected chi connectivity index (χ4v) is 5.70.